The van der Waals surface area contributed by atoms with Crippen LogP contribution >= 0.6 is 0 Å². The third kappa shape index (κ3) is 2.94. The second kappa shape index (κ2) is 5.17. The Balaban J connectivity index is 1.74. The van der Waals surface area contributed by atoms with Crippen LogP contribution in [0.25, 0.3) is 0 Å². The maximum Gasteiger partial charge on any atom is 0.171 e. The Hall–Kier alpha value is -1.84. The van der Waals surface area contributed by atoms with Crippen LogP contribution < -0.4 is 4.74 Å². The molecule has 21 heavy (non-hydrogen) atoms. The Kier molecular flexibility index (Phi) is 3.47. The summed E-state index contributed by atoms with van der Waals surface area (Å²) >= 11 is 0. The van der Waals surface area contributed by atoms with Gasteiger partial charge in [-0.3, -0.25) is 0 Å². The fourth-order valence-corrected chi connectivity index (χ4v) is 2.76. The highest BCUT2D eigenvalue weighted by atomic mass is 16.5. The van der Waals surface area contributed by atoms with Gasteiger partial charge in [0.25, 0.3) is 0 Å². The van der Waals surface area contributed by atoms with Gasteiger partial charge in [-0.1, -0.05) is 19.9 Å². The third-order valence-corrected chi connectivity index (χ3v) is 4.36. The second-order valence-corrected chi connectivity index (χ2v) is 6.82. The minimum Gasteiger partial charge on any atom is -0.486 e. The quantitative estimate of drug-likeness (QED) is 0.867. The number of hydrogen-bond acceptors (Lipinski definition) is 3. The number of aromatic nitrogens is 3. The highest BCUT2D eigenvalue weighted by Gasteiger charge is 2.28. The molecule has 2 heterocycles. The van der Waals surface area contributed by atoms with E-state index in [0.717, 1.165) is 30.4 Å². The fraction of sp³-hybridized carbons (Fsp3) is 0.529. The molecule has 0 N–H and O–H groups in total. The van der Waals surface area contributed by atoms with Crippen LogP contribution in [0, 0.1) is 19.3 Å². The van der Waals surface area contributed by atoms with Gasteiger partial charge in [0, 0.05) is 13.0 Å². The van der Waals surface area contributed by atoms with Crippen LogP contribution in [-0.2, 0) is 19.6 Å². The Bertz CT molecular complexity index is 658. The lowest BCUT2D eigenvalue weighted by Crippen LogP contribution is -2.28. The normalized spacial score (nSPS) is 16.6. The molecule has 4 heteroatoms. The summed E-state index contributed by atoms with van der Waals surface area (Å²) in [6, 6.07) is 6.18. The number of benzene rings is 1. The Labute approximate surface area is 126 Å². The highest BCUT2D eigenvalue weighted by molar-refractivity contribution is 5.33. The molecule has 0 saturated heterocycles. The number of nitrogens with zero attached hydrogens (tertiary/aromatic N) is 3. The van der Waals surface area contributed by atoms with E-state index in [9.17, 15) is 0 Å². The molecular weight excluding hydrogens is 262 g/mol. The molecule has 1 aromatic carbocycles. The van der Waals surface area contributed by atoms with E-state index in [1.807, 2.05) is 6.07 Å². The van der Waals surface area contributed by atoms with Gasteiger partial charge in [-0.05, 0) is 48.9 Å². The van der Waals surface area contributed by atoms with Gasteiger partial charge in [-0.2, -0.15) is 0 Å². The van der Waals surface area contributed by atoms with E-state index in [-0.39, 0.29) is 0 Å². The zero-order valence-electron chi connectivity index (χ0n) is 13.3. The summed E-state index contributed by atoms with van der Waals surface area (Å²) in [6.45, 7) is 10.3. The Morgan fingerprint density at radius 1 is 1.19 bits per heavy atom. The summed E-state index contributed by atoms with van der Waals surface area (Å²) in [5.74, 6) is 2.91. The summed E-state index contributed by atoms with van der Waals surface area (Å²) in [7, 11) is 0. The molecule has 0 radical (unpaired) electrons. The topological polar surface area (TPSA) is 39.9 Å². The van der Waals surface area contributed by atoms with Crippen molar-refractivity contribution in [2.45, 2.75) is 53.7 Å². The summed E-state index contributed by atoms with van der Waals surface area (Å²) in [4.78, 5) is 0. The predicted molar refractivity (Wildman–Crippen MR) is 82.4 cm³/mol. The molecule has 112 valence electrons. The van der Waals surface area contributed by atoms with Gasteiger partial charge in [0.05, 0.1) is 0 Å². The lowest BCUT2D eigenvalue weighted by atomic mass is 9.85. The first-order chi connectivity index (χ1) is 9.94. The first kappa shape index (κ1) is 14.1. The second-order valence-electron chi connectivity index (χ2n) is 6.82. The molecule has 3 rings (SSSR count). The van der Waals surface area contributed by atoms with Crippen LogP contribution in [0.1, 0.15) is 43.0 Å². The molecule has 0 fully saturated rings. The molecule has 0 unspecified atom stereocenters. The lowest BCUT2D eigenvalue weighted by Gasteiger charge is -2.30. The van der Waals surface area contributed by atoms with Gasteiger partial charge in [0.1, 0.15) is 18.2 Å². The van der Waals surface area contributed by atoms with Gasteiger partial charge in [0.2, 0.25) is 0 Å². The predicted octanol–water partition coefficient (Wildman–Crippen LogP) is 3.45. The van der Waals surface area contributed by atoms with Crippen LogP contribution in [0.3, 0.4) is 0 Å². The van der Waals surface area contributed by atoms with Crippen molar-refractivity contribution in [3.63, 3.8) is 0 Å². The average Bonchev–Trinajstić information content (AvgIpc) is 2.81. The molecule has 1 aliphatic heterocycles. The Morgan fingerprint density at radius 2 is 2.00 bits per heavy atom. The summed E-state index contributed by atoms with van der Waals surface area (Å²) in [6.07, 6.45) is 2.17. The van der Waals surface area contributed by atoms with Crippen LogP contribution in [0.2, 0.25) is 0 Å². The van der Waals surface area contributed by atoms with E-state index < -0.39 is 0 Å². The summed E-state index contributed by atoms with van der Waals surface area (Å²) in [5.41, 5.74) is 2.84. The molecule has 1 aliphatic rings. The van der Waals surface area contributed by atoms with E-state index in [1.165, 1.54) is 17.5 Å². The van der Waals surface area contributed by atoms with Crippen LogP contribution in [-0.4, -0.2) is 14.8 Å². The number of aryl methyl sites for hydroxylation is 3. The maximum atomic E-state index is 5.90. The SMILES string of the molecule is Cc1ccc(OCc2nnc3n2CC(C)(C)CC3)cc1C. The lowest BCUT2D eigenvalue weighted by molar-refractivity contribution is 0.227. The van der Waals surface area contributed by atoms with Crippen molar-refractivity contribution in [3.8, 4) is 5.75 Å². The molecule has 1 aromatic heterocycles. The number of ether oxygens (including phenoxy) is 1. The van der Waals surface area contributed by atoms with Crippen molar-refractivity contribution in [3.05, 3.63) is 41.0 Å². The molecule has 2 aromatic rings. The molecule has 0 aliphatic carbocycles. The van der Waals surface area contributed by atoms with Gasteiger partial charge >= 0.3 is 0 Å². The van der Waals surface area contributed by atoms with Crippen molar-refractivity contribution in [1.82, 2.24) is 14.8 Å². The van der Waals surface area contributed by atoms with E-state index in [1.54, 1.807) is 0 Å². The Morgan fingerprint density at radius 3 is 2.76 bits per heavy atom. The molecular formula is C17H23N3O. The van der Waals surface area contributed by atoms with Crippen LogP contribution in [0.15, 0.2) is 18.2 Å². The molecule has 0 bridgehead atoms. The highest BCUT2D eigenvalue weighted by Crippen LogP contribution is 2.30. The van der Waals surface area contributed by atoms with Gasteiger partial charge in [-0.25, -0.2) is 0 Å². The van der Waals surface area contributed by atoms with Crippen molar-refractivity contribution in [2.75, 3.05) is 0 Å². The van der Waals surface area contributed by atoms with E-state index in [4.69, 9.17) is 4.74 Å². The number of fused-ring (bicyclic) bond motifs is 1. The van der Waals surface area contributed by atoms with Crippen molar-refractivity contribution in [1.29, 1.82) is 0 Å². The number of rotatable bonds is 3. The maximum absolute atomic E-state index is 5.90. The fourth-order valence-electron chi connectivity index (χ4n) is 2.76. The number of hydrogen-bond donors (Lipinski definition) is 0. The zero-order valence-corrected chi connectivity index (χ0v) is 13.3. The minimum atomic E-state index is 0.310. The van der Waals surface area contributed by atoms with Gasteiger partial charge in [-0.15, -0.1) is 10.2 Å². The average molecular weight is 285 g/mol. The van der Waals surface area contributed by atoms with Crippen molar-refractivity contribution >= 4 is 0 Å². The monoisotopic (exact) mass is 285 g/mol. The van der Waals surface area contributed by atoms with Crippen LogP contribution in [0.4, 0.5) is 0 Å². The molecule has 0 atom stereocenters. The van der Waals surface area contributed by atoms with E-state index in [0.29, 0.717) is 12.0 Å². The zero-order chi connectivity index (χ0) is 15.0. The largest absolute Gasteiger partial charge is 0.486 e. The minimum absolute atomic E-state index is 0.310. The smallest absolute Gasteiger partial charge is 0.171 e. The van der Waals surface area contributed by atoms with Gasteiger partial charge in [0.15, 0.2) is 5.82 Å². The van der Waals surface area contributed by atoms with Crippen molar-refractivity contribution in [2.24, 2.45) is 5.41 Å². The molecule has 0 saturated carbocycles. The first-order valence-corrected chi connectivity index (χ1v) is 7.56. The standard InChI is InChI=1S/C17H23N3O/c1-12-5-6-14(9-13(12)2)21-10-16-19-18-15-7-8-17(3,4)11-20(15)16/h5-6,9H,7-8,10-11H2,1-4H3. The van der Waals surface area contributed by atoms with Crippen LogP contribution in [0.5, 0.6) is 5.75 Å². The van der Waals surface area contributed by atoms with E-state index >= 15 is 0 Å². The van der Waals surface area contributed by atoms with Crippen molar-refractivity contribution < 1.29 is 4.74 Å². The molecule has 4 nitrogen and oxygen atoms in total. The van der Waals surface area contributed by atoms with E-state index in [2.05, 4.69) is 54.6 Å². The third-order valence-electron chi connectivity index (χ3n) is 4.36. The van der Waals surface area contributed by atoms with Gasteiger partial charge < -0.3 is 9.30 Å². The first-order valence-electron chi connectivity index (χ1n) is 7.56. The molecule has 0 amide bonds. The molecule has 0 spiro atoms. The summed E-state index contributed by atoms with van der Waals surface area (Å²) < 4.78 is 8.12. The summed E-state index contributed by atoms with van der Waals surface area (Å²) in [5, 5.41) is 8.61.